The molecule has 0 amide bonds. The van der Waals surface area contributed by atoms with Gasteiger partial charge < -0.3 is 15.0 Å². The van der Waals surface area contributed by atoms with E-state index in [-0.39, 0.29) is 11.8 Å². The fraction of sp³-hybridized carbons (Fsp3) is 0.600. The van der Waals surface area contributed by atoms with Crippen LogP contribution in [-0.4, -0.2) is 36.4 Å². The fourth-order valence-electron chi connectivity index (χ4n) is 3.37. The van der Waals surface area contributed by atoms with Crippen LogP contribution in [0.3, 0.4) is 0 Å². The second-order valence-corrected chi connectivity index (χ2v) is 5.74. The van der Waals surface area contributed by atoms with Gasteiger partial charge in [-0.1, -0.05) is 12.1 Å². The largest absolute Gasteiger partial charge is 0.573 e. The molecule has 2 atom stereocenters. The number of alkyl halides is 3. The highest BCUT2D eigenvalue weighted by Crippen LogP contribution is 2.33. The molecular weight excluding hydrogens is 281 g/mol. The molecule has 2 aliphatic rings. The lowest BCUT2D eigenvalue weighted by Gasteiger charge is -2.35. The third-order valence-corrected chi connectivity index (χ3v) is 4.29. The van der Waals surface area contributed by atoms with Crippen LogP contribution < -0.4 is 10.1 Å². The average Bonchev–Trinajstić information content (AvgIpc) is 2.87. The smallest absolute Gasteiger partial charge is 0.404 e. The molecule has 0 saturated carbocycles. The van der Waals surface area contributed by atoms with Gasteiger partial charge in [-0.2, -0.15) is 0 Å². The molecule has 0 aliphatic carbocycles. The van der Waals surface area contributed by atoms with Gasteiger partial charge in [-0.3, -0.25) is 0 Å². The summed E-state index contributed by atoms with van der Waals surface area (Å²) in [6.07, 6.45) is -0.298. The van der Waals surface area contributed by atoms with E-state index in [1.807, 2.05) is 0 Å². The molecule has 21 heavy (non-hydrogen) atoms. The van der Waals surface area contributed by atoms with E-state index in [0.29, 0.717) is 11.7 Å². The first-order chi connectivity index (χ1) is 10.0. The molecule has 2 heterocycles. The van der Waals surface area contributed by atoms with Crippen molar-refractivity contribution in [2.45, 2.75) is 44.1 Å². The highest BCUT2D eigenvalue weighted by Gasteiger charge is 2.34. The molecule has 1 aromatic carbocycles. The molecule has 1 aromatic rings. The maximum Gasteiger partial charge on any atom is 0.573 e. The van der Waals surface area contributed by atoms with Crippen molar-refractivity contribution in [2.24, 2.45) is 0 Å². The van der Waals surface area contributed by atoms with Crippen LogP contribution in [0.25, 0.3) is 0 Å². The second-order valence-electron chi connectivity index (χ2n) is 5.74. The number of hydrogen-bond donors (Lipinski definition) is 1. The van der Waals surface area contributed by atoms with Gasteiger partial charge in [0.1, 0.15) is 0 Å². The van der Waals surface area contributed by atoms with Crippen LogP contribution in [0.2, 0.25) is 0 Å². The number of anilines is 1. The molecule has 0 bridgehead atoms. The Labute approximate surface area is 122 Å². The van der Waals surface area contributed by atoms with Crippen LogP contribution in [0.5, 0.6) is 5.75 Å². The summed E-state index contributed by atoms with van der Waals surface area (Å²) in [6.45, 7) is 2.18. The number of nitrogens with one attached hydrogen (secondary N) is 1. The number of halogens is 3. The van der Waals surface area contributed by atoms with Gasteiger partial charge in [0, 0.05) is 18.6 Å². The van der Waals surface area contributed by atoms with E-state index in [2.05, 4.69) is 15.0 Å². The van der Waals surface area contributed by atoms with Crippen LogP contribution in [0.15, 0.2) is 24.3 Å². The zero-order valence-electron chi connectivity index (χ0n) is 11.7. The van der Waals surface area contributed by atoms with E-state index in [9.17, 15) is 13.2 Å². The van der Waals surface area contributed by atoms with Crippen molar-refractivity contribution in [2.75, 3.05) is 18.4 Å². The standard InChI is InChI=1S/C15H19F3N2O/c16-15(17,18)21-14-6-2-1-5-13(14)19-11-7-9-20-8-3-4-12(20)10-11/h1-2,5-6,11-12,19H,3-4,7-10H2. The Kier molecular flexibility index (Phi) is 3.97. The summed E-state index contributed by atoms with van der Waals surface area (Å²) in [7, 11) is 0. The Morgan fingerprint density at radius 3 is 2.76 bits per heavy atom. The van der Waals surface area contributed by atoms with Crippen molar-refractivity contribution in [3.8, 4) is 5.75 Å². The van der Waals surface area contributed by atoms with Gasteiger partial charge in [0.05, 0.1) is 5.69 Å². The van der Waals surface area contributed by atoms with Gasteiger partial charge in [-0.15, -0.1) is 13.2 Å². The highest BCUT2D eigenvalue weighted by atomic mass is 19.4. The zero-order chi connectivity index (χ0) is 14.9. The number of piperidine rings is 1. The molecule has 0 radical (unpaired) electrons. The predicted molar refractivity (Wildman–Crippen MR) is 74.4 cm³/mol. The van der Waals surface area contributed by atoms with E-state index >= 15 is 0 Å². The summed E-state index contributed by atoms with van der Waals surface area (Å²) < 4.78 is 41.3. The van der Waals surface area contributed by atoms with Gasteiger partial charge in [0.25, 0.3) is 0 Å². The third-order valence-electron chi connectivity index (χ3n) is 4.29. The molecule has 2 saturated heterocycles. The van der Waals surface area contributed by atoms with Crippen molar-refractivity contribution in [1.29, 1.82) is 0 Å². The lowest BCUT2D eigenvalue weighted by atomic mass is 9.97. The third kappa shape index (κ3) is 3.61. The quantitative estimate of drug-likeness (QED) is 0.922. The summed E-state index contributed by atoms with van der Waals surface area (Å²) in [5.74, 6) is -0.154. The first kappa shape index (κ1) is 14.5. The molecule has 0 aromatic heterocycles. The lowest BCUT2D eigenvalue weighted by molar-refractivity contribution is -0.274. The summed E-state index contributed by atoms with van der Waals surface area (Å²) in [4.78, 5) is 2.48. The van der Waals surface area contributed by atoms with E-state index in [1.54, 1.807) is 18.2 Å². The molecule has 1 N–H and O–H groups in total. The normalized spacial score (nSPS) is 26.4. The fourth-order valence-corrected chi connectivity index (χ4v) is 3.37. The molecule has 2 aliphatic heterocycles. The minimum atomic E-state index is -4.66. The van der Waals surface area contributed by atoms with Gasteiger partial charge in [-0.05, 0) is 44.4 Å². The number of benzene rings is 1. The Morgan fingerprint density at radius 1 is 1.14 bits per heavy atom. The van der Waals surface area contributed by atoms with E-state index in [0.717, 1.165) is 25.9 Å². The molecule has 6 heteroatoms. The molecule has 3 rings (SSSR count). The van der Waals surface area contributed by atoms with Crippen LogP contribution in [0, 0.1) is 0 Å². The summed E-state index contributed by atoms with van der Waals surface area (Å²) >= 11 is 0. The van der Waals surface area contributed by atoms with E-state index in [4.69, 9.17) is 0 Å². The topological polar surface area (TPSA) is 24.5 Å². The van der Waals surface area contributed by atoms with Crippen molar-refractivity contribution in [1.82, 2.24) is 4.90 Å². The Hall–Kier alpha value is -1.43. The van der Waals surface area contributed by atoms with Crippen LogP contribution >= 0.6 is 0 Å². The van der Waals surface area contributed by atoms with E-state index < -0.39 is 6.36 Å². The molecule has 2 unspecified atom stereocenters. The monoisotopic (exact) mass is 300 g/mol. The van der Waals surface area contributed by atoms with Crippen molar-refractivity contribution in [3.05, 3.63) is 24.3 Å². The Bertz CT molecular complexity index is 492. The molecule has 116 valence electrons. The van der Waals surface area contributed by atoms with Crippen molar-refractivity contribution < 1.29 is 17.9 Å². The summed E-state index contributed by atoms with van der Waals surface area (Å²) in [5, 5.41) is 3.23. The first-order valence-corrected chi connectivity index (χ1v) is 7.36. The first-order valence-electron chi connectivity index (χ1n) is 7.36. The van der Waals surface area contributed by atoms with Gasteiger partial charge in [-0.25, -0.2) is 0 Å². The number of rotatable bonds is 3. The maximum absolute atomic E-state index is 12.4. The minimum absolute atomic E-state index is 0.154. The average molecular weight is 300 g/mol. The maximum atomic E-state index is 12.4. The van der Waals surface area contributed by atoms with Crippen LogP contribution in [0.1, 0.15) is 25.7 Å². The molecule has 0 spiro atoms. The molecule has 2 fully saturated rings. The summed E-state index contributed by atoms with van der Waals surface area (Å²) in [5.41, 5.74) is 0.422. The number of nitrogens with zero attached hydrogens (tertiary/aromatic N) is 1. The van der Waals surface area contributed by atoms with Gasteiger partial charge in [0.2, 0.25) is 0 Å². The Morgan fingerprint density at radius 2 is 1.95 bits per heavy atom. The van der Waals surface area contributed by atoms with Crippen LogP contribution in [0.4, 0.5) is 18.9 Å². The second kappa shape index (κ2) is 5.75. The highest BCUT2D eigenvalue weighted by molar-refractivity contribution is 5.56. The van der Waals surface area contributed by atoms with Gasteiger partial charge in [0.15, 0.2) is 5.75 Å². The van der Waals surface area contributed by atoms with Crippen molar-refractivity contribution >= 4 is 5.69 Å². The van der Waals surface area contributed by atoms with Crippen LogP contribution in [-0.2, 0) is 0 Å². The number of hydrogen-bond acceptors (Lipinski definition) is 3. The molecule has 3 nitrogen and oxygen atoms in total. The van der Waals surface area contributed by atoms with Crippen molar-refractivity contribution in [3.63, 3.8) is 0 Å². The van der Waals surface area contributed by atoms with E-state index in [1.165, 1.54) is 18.9 Å². The predicted octanol–water partition coefficient (Wildman–Crippen LogP) is 3.62. The zero-order valence-corrected chi connectivity index (χ0v) is 11.7. The molecular formula is C15H19F3N2O. The SMILES string of the molecule is FC(F)(F)Oc1ccccc1NC1CCN2CCCC2C1. The van der Waals surface area contributed by atoms with Gasteiger partial charge >= 0.3 is 6.36 Å². The Balaban J connectivity index is 1.67. The minimum Gasteiger partial charge on any atom is -0.404 e. The summed E-state index contributed by atoms with van der Waals surface area (Å²) in [6, 6.07) is 7.04. The number of fused-ring (bicyclic) bond motifs is 1. The lowest BCUT2D eigenvalue weighted by Crippen LogP contribution is -2.42. The number of ether oxygens (including phenoxy) is 1. The number of para-hydroxylation sites is 2.